The van der Waals surface area contributed by atoms with Crippen molar-refractivity contribution in [1.82, 2.24) is 0 Å². The van der Waals surface area contributed by atoms with Crippen molar-refractivity contribution in [2.45, 2.75) is 57.8 Å². The number of anilines is 3. The number of fused-ring (bicyclic) bond motifs is 2. The van der Waals surface area contributed by atoms with Crippen LogP contribution in [0.15, 0.2) is 97.1 Å². The van der Waals surface area contributed by atoms with Crippen LogP contribution in [0.4, 0.5) is 17.1 Å². The molecular formula is C39H34BNO. The zero-order valence-electron chi connectivity index (χ0n) is 25.2. The number of hydrogen-bond acceptors (Lipinski definition) is 2. The molecule has 0 saturated carbocycles. The first-order valence-electron chi connectivity index (χ1n) is 15.2. The van der Waals surface area contributed by atoms with E-state index in [-0.39, 0.29) is 23.0 Å². The van der Waals surface area contributed by atoms with E-state index in [2.05, 4.69) is 144 Å². The van der Waals surface area contributed by atoms with Gasteiger partial charge in [-0.25, -0.2) is 0 Å². The quantitative estimate of drug-likeness (QED) is 0.197. The van der Waals surface area contributed by atoms with Gasteiger partial charge in [0.2, 0.25) is 0 Å². The molecule has 4 aliphatic rings. The van der Waals surface area contributed by atoms with Gasteiger partial charge >= 0.3 is 0 Å². The summed E-state index contributed by atoms with van der Waals surface area (Å²) in [4.78, 5) is 2.47. The van der Waals surface area contributed by atoms with Gasteiger partial charge in [0, 0.05) is 22.3 Å². The predicted molar refractivity (Wildman–Crippen MR) is 175 cm³/mol. The summed E-state index contributed by atoms with van der Waals surface area (Å²) in [5.74, 6) is 1.99. The molecule has 9 rings (SSSR count). The second-order valence-electron chi connectivity index (χ2n) is 14.2. The molecule has 3 heteroatoms. The Bertz CT molecular complexity index is 1970. The molecule has 4 aliphatic heterocycles. The summed E-state index contributed by atoms with van der Waals surface area (Å²) in [6.07, 6.45) is 0. The van der Waals surface area contributed by atoms with Crippen molar-refractivity contribution in [3.8, 4) is 11.5 Å². The van der Waals surface area contributed by atoms with E-state index in [0.29, 0.717) is 0 Å². The molecule has 204 valence electrons. The molecule has 2 nitrogen and oxygen atoms in total. The van der Waals surface area contributed by atoms with E-state index in [1.807, 2.05) is 0 Å². The second kappa shape index (κ2) is 7.58. The van der Waals surface area contributed by atoms with Crippen molar-refractivity contribution in [3.63, 3.8) is 0 Å². The Kier molecular flexibility index (Phi) is 4.40. The highest BCUT2D eigenvalue weighted by Gasteiger charge is 2.52. The normalized spacial score (nSPS) is 18.4. The van der Waals surface area contributed by atoms with Gasteiger partial charge in [0.1, 0.15) is 11.5 Å². The molecule has 42 heavy (non-hydrogen) atoms. The monoisotopic (exact) mass is 543 g/mol. The Morgan fingerprint density at radius 1 is 0.476 bits per heavy atom. The van der Waals surface area contributed by atoms with Crippen molar-refractivity contribution in [2.75, 3.05) is 4.90 Å². The van der Waals surface area contributed by atoms with Crippen LogP contribution in [0.3, 0.4) is 0 Å². The molecule has 4 heterocycles. The number of rotatable bonds is 1. The van der Waals surface area contributed by atoms with Crippen LogP contribution in [-0.2, 0) is 16.2 Å². The molecule has 0 unspecified atom stereocenters. The first-order chi connectivity index (χ1) is 20.1. The van der Waals surface area contributed by atoms with Gasteiger partial charge in [-0.15, -0.1) is 0 Å². The van der Waals surface area contributed by atoms with E-state index >= 15 is 0 Å². The van der Waals surface area contributed by atoms with Crippen molar-refractivity contribution in [2.24, 2.45) is 0 Å². The molecule has 0 bridgehead atoms. The van der Waals surface area contributed by atoms with E-state index in [0.717, 1.165) is 17.2 Å². The van der Waals surface area contributed by atoms with Gasteiger partial charge in [-0.3, -0.25) is 0 Å². The first kappa shape index (κ1) is 24.4. The topological polar surface area (TPSA) is 12.5 Å². The van der Waals surface area contributed by atoms with Gasteiger partial charge < -0.3 is 9.64 Å². The van der Waals surface area contributed by atoms with E-state index in [4.69, 9.17) is 4.74 Å². The van der Waals surface area contributed by atoms with E-state index in [1.54, 1.807) is 0 Å². The average molecular weight is 544 g/mol. The van der Waals surface area contributed by atoms with Crippen molar-refractivity contribution < 1.29 is 4.74 Å². The summed E-state index contributed by atoms with van der Waals surface area (Å²) in [5.41, 5.74) is 15.8. The first-order valence-corrected chi connectivity index (χ1v) is 15.2. The van der Waals surface area contributed by atoms with Crippen LogP contribution in [0, 0.1) is 0 Å². The summed E-state index contributed by atoms with van der Waals surface area (Å²) < 4.78 is 6.96. The molecule has 0 amide bonds. The third kappa shape index (κ3) is 2.73. The lowest BCUT2D eigenvalue weighted by molar-refractivity contribution is 0.481. The van der Waals surface area contributed by atoms with E-state index < -0.39 is 0 Å². The van der Waals surface area contributed by atoms with Gasteiger partial charge in [-0.05, 0) is 68.6 Å². The van der Waals surface area contributed by atoms with Crippen LogP contribution in [0.2, 0.25) is 0 Å². The van der Waals surface area contributed by atoms with Crippen LogP contribution in [0.1, 0.15) is 74.9 Å². The maximum atomic E-state index is 6.96. The number of para-hydroxylation sites is 2. The standard InChI is InChI=1S/C39H34BNO/c1-37(2)24-13-7-9-18-30(24)41(31-19-10-8-14-25(31)37)23-21-29-36-33(22-23)42-32-20-12-17-28-35(32)40(36)34-26(38(28,3)4)15-11-16-27(34)39(29,5)6/h7-22H,1-6H3. The van der Waals surface area contributed by atoms with Crippen molar-refractivity contribution >= 4 is 40.2 Å². The summed E-state index contributed by atoms with van der Waals surface area (Å²) in [7, 11) is 0. The molecule has 0 saturated heterocycles. The molecular weight excluding hydrogens is 509 g/mol. The smallest absolute Gasteiger partial charge is 0.252 e. The maximum absolute atomic E-state index is 6.96. The van der Waals surface area contributed by atoms with Gasteiger partial charge in [0.05, 0.1) is 17.1 Å². The molecule has 5 aromatic rings. The lowest BCUT2D eigenvalue weighted by Gasteiger charge is -2.49. The predicted octanol–water partition coefficient (Wildman–Crippen LogP) is 7.70. The molecule has 0 fully saturated rings. The van der Waals surface area contributed by atoms with Crippen LogP contribution >= 0.6 is 0 Å². The highest BCUT2D eigenvalue weighted by Crippen LogP contribution is 2.53. The number of nitrogens with zero attached hydrogens (tertiary/aromatic N) is 1. The minimum atomic E-state index is -0.181. The average Bonchev–Trinajstić information content (AvgIpc) is 2.98. The largest absolute Gasteiger partial charge is 0.458 e. The third-order valence-electron chi connectivity index (χ3n) is 11.0. The van der Waals surface area contributed by atoms with Crippen LogP contribution in [0.5, 0.6) is 11.5 Å². The zero-order chi connectivity index (χ0) is 28.8. The van der Waals surface area contributed by atoms with Gasteiger partial charge in [0.15, 0.2) is 0 Å². The Morgan fingerprint density at radius 3 is 1.60 bits per heavy atom. The SMILES string of the molecule is CC1(C)c2ccccc2N(c2cc3c4c(c2)C(C)(C)c2cccc5c2B4c2c(cccc2C5(C)C)O3)c2ccccc21. The second-order valence-corrected chi connectivity index (χ2v) is 14.2. The minimum absolute atomic E-state index is 0.0877. The number of benzene rings is 5. The van der Waals surface area contributed by atoms with Crippen molar-refractivity contribution in [3.05, 3.63) is 130 Å². The molecule has 5 aromatic carbocycles. The third-order valence-corrected chi connectivity index (χ3v) is 11.0. The van der Waals surface area contributed by atoms with Crippen LogP contribution < -0.4 is 26.0 Å². The molecule has 0 atom stereocenters. The Hall–Kier alpha value is -4.24. The van der Waals surface area contributed by atoms with Crippen LogP contribution in [-0.4, -0.2) is 6.71 Å². The molecule has 0 radical (unpaired) electrons. The highest BCUT2D eigenvalue weighted by molar-refractivity contribution is 6.99. The van der Waals surface area contributed by atoms with Crippen LogP contribution in [0.25, 0.3) is 0 Å². The number of hydrogen-bond donors (Lipinski definition) is 0. The maximum Gasteiger partial charge on any atom is 0.252 e. The van der Waals surface area contributed by atoms with Crippen molar-refractivity contribution in [1.29, 1.82) is 0 Å². The lowest BCUT2D eigenvalue weighted by atomic mass is 9.26. The fourth-order valence-electron chi connectivity index (χ4n) is 8.87. The molecule has 0 N–H and O–H groups in total. The van der Waals surface area contributed by atoms with E-state index in [1.165, 1.54) is 61.1 Å². The molecule has 0 aromatic heterocycles. The summed E-state index contributed by atoms with van der Waals surface area (Å²) in [6, 6.07) is 36.3. The number of ether oxygens (including phenoxy) is 1. The Morgan fingerprint density at radius 2 is 0.952 bits per heavy atom. The summed E-state index contributed by atoms with van der Waals surface area (Å²) >= 11 is 0. The fraction of sp³-hybridized carbons (Fsp3) is 0.231. The lowest BCUT2D eigenvalue weighted by Crippen LogP contribution is -2.68. The Balaban J connectivity index is 1.37. The molecule has 0 aliphatic carbocycles. The summed E-state index contributed by atoms with van der Waals surface area (Å²) in [5, 5.41) is 0. The fourth-order valence-corrected chi connectivity index (χ4v) is 8.87. The minimum Gasteiger partial charge on any atom is -0.458 e. The van der Waals surface area contributed by atoms with Gasteiger partial charge in [0.25, 0.3) is 6.71 Å². The van der Waals surface area contributed by atoms with Gasteiger partial charge in [-0.2, -0.15) is 0 Å². The Labute approximate surface area is 249 Å². The van der Waals surface area contributed by atoms with Gasteiger partial charge in [-0.1, -0.05) is 114 Å². The highest BCUT2D eigenvalue weighted by atomic mass is 16.5. The zero-order valence-corrected chi connectivity index (χ0v) is 25.2. The molecule has 0 spiro atoms. The summed E-state index contributed by atoms with van der Waals surface area (Å²) in [6.45, 7) is 14.4. The van der Waals surface area contributed by atoms with E-state index in [9.17, 15) is 0 Å².